The Labute approximate surface area is 137 Å². The van der Waals surface area contributed by atoms with Gasteiger partial charge in [-0.3, -0.25) is 4.90 Å². The van der Waals surface area contributed by atoms with Gasteiger partial charge in [-0.25, -0.2) is 0 Å². The van der Waals surface area contributed by atoms with E-state index in [2.05, 4.69) is 34.1 Å². The monoisotopic (exact) mass is 315 g/mol. The van der Waals surface area contributed by atoms with E-state index in [0.717, 1.165) is 19.4 Å². The van der Waals surface area contributed by atoms with Crippen molar-refractivity contribution in [3.8, 4) is 0 Å². The average molecular weight is 315 g/mol. The Morgan fingerprint density at radius 1 is 1.35 bits per heavy atom. The molecule has 0 bridgehead atoms. The van der Waals surface area contributed by atoms with Crippen LogP contribution >= 0.6 is 0 Å². The number of aliphatic hydroxyl groups is 1. The lowest BCUT2D eigenvalue weighted by Crippen LogP contribution is -2.45. The van der Waals surface area contributed by atoms with Crippen molar-refractivity contribution >= 4 is 0 Å². The molecule has 5 heteroatoms. The van der Waals surface area contributed by atoms with E-state index in [0.29, 0.717) is 24.7 Å². The number of aromatic nitrogens is 2. The molecule has 1 unspecified atom stereocenters. The molecule has 1 N–H and O–H groups in total. The van der Waals surface area contributed by atoms with Gasteiger partial charge in [-0.05, 0) is 51.3 Å². The van der Waals surface area contributed by atoms with E-state index in [1.54, 1.807) is 0 Å². The summed E-state index contributed by atoms with van der Waals surface area (Å²) in [4.78, 5) is 6.77. The lowest BCUT2D eigenvalue weighted by Gasteiger charge is -2.32. The molecule has 23 heavy (non-hydrogen) atoms. The summed E-state index contributed by atoms with van der Waals surface area (Å²) in [6, 6.07) is 8.39. The molecule has 1 atom stereocenters. The quantitative estimate of drug-likeness (QED) is 0.919. The highest BCUT2D eigenvalue weighted by Crippen LogP contribution is 2.28. The molecule has 124 valence electrons. The lowest BCUT2D eigenvalue weighted by atomic mass is 9.97. The maximum atomic E-state index is 10.3. The van der Waals surface area contributed by atoms with Crippen LogP contribution in [0.1, 0.15) is 49.5 Å². The van der Waals surface area contributed by atoms with Crippen LogP contribution in [0, 0.1) is 6.92 Å². The van der Waals surface area contributed by atoms with Crippen molar-refractivity contribution in [1.29, 1.82) is 0 Å². The van der Waals surface area contributed by atoms with Crippen LogP contribution in [-0.4, -0.2) is 38.3 Å². The van der Waals surface area contributed by atoms with E-state index in [1.807, 2.05) is 26.0 Å². The summed E-state index contributed by atoms with van der Waals surface area (Å²) < 4.78 is 5.42. The number of hydrogen-bond donors (Lipinski definition) is 1. The standard InChI is InChI=1S/C18H25N3O2/c1-13-7-4-5-8-14(13)11-16-19-17(23-20-16)12-21-10-6-9-15(21)18(2,3)22/h4-5,7-8,15,22H,6,9-12H2,1-3H3. The Morgan fingerprint density at radius 2 is 2.13 bits per heavy atom. The van der Waals surface area contributed by atoms with Gasteiger partial charge in [0.05, 0.1) is 12.1 Å². The fourth-order valence-electron chi connectivity index (χ4n) is 3.39. The first-order valence-corrected chi connectivity index (χ1v) is 8.26. The third-order valence-electron chi connectivity index (χ3n) is 4.64. The Balaban J connectivity index is 1.67. The van der Waals surface area contributed by atoms with Crippen molar-refractivity contribution < 1.29 is 9.63 Å². The van der Waals surface area contributed by atoms with Crippen LogP contribution in [0.2, 0.25) is 0 Å². The predicted molar refractivity (Wildman–Crippen MR) is 88.0 cm³/mol. The zero-order valence-electron chi connectivity index (χ0n) is 14.1. The number of rotatable bonds is 5. The Morgan fingerprint density at radius 3 is 2.87 bits per heavy atom. The van der Waals surface area contributed by atoms with Crippen LogP contribution in [0.25, 0.3) is 0 Å². The number of nitrogens with zero attached hydrogens (tertiary/aromatic N) is 3. The summed E-state index contributed by atoms with van der Waals surface area (Å²) in [5.74, 6) is 1.35. The maximum absolute atomic E-state index is 10.3. The van der Waals surface area contributed by atoms with Crippen LogP contribution < -0.4 is 0 Å². The number of benzene rings is 1. The van der Waals surface area contributed by atoms with Crippen molar-refractivity contribution in [3.63, 3.8) is 0 Å². The third kappa shape index (κ3) is 3.79. The zero-order valence-corrected chi connectivity index (χ0v) is 14.1. The highest BCUT2D eigenvalue weighted by molar-refractivity contribution is 5.27. The Kier molecular flexibility index (Phi) is 4.50. The first kappa shape index (κ1) is 16.1. The minimum absolute atomic E-state index is 0.147. The molecule has 2 aromatic rings. The molecule has 5 nitrogen and oxygen atoms in total. The second-order valence-electron chi connectivity index (χ2n) is 6.99. The molecule has 0 saturated carbocycles. The van der Waals surface area contributed by atoms with Gasteiger partial charge >= 0.3 is 0 Å². The van der Waals surface area contributed by atoms with Crippen molar-refractivity contribution in [2.24, 2.45) is 0 Å². The van der Waals surface area contributed by atoms with E-state index >= 15 is 0 Å². The molecule has 1 aromatic heterocycles. The fraction of sp³-hybridized carbons (Fsp3) is 0.556. The van der Waals surface area contributed by atoms with Gasteiger partial charge in [0, 0.05) is 12.5 Å². The van der Waals surface area contributed by atoms with Gasteiger partial charge in [-0.1, -0.05) is 29.4 Å². The van der Waals surface area contributed by atoms with Crippen LogP contribution in [0.3, 0.4) is 0 Å². The summed E-state index contributed by atoms with van der Waals surface area (Å²) in [5.41, 5.74) is 1.75. The average Bonchev–Trinajstić information content (AvgIpc) is 3.11. The number of likely N-dealkylation sites (tertiary alicyclic amines) is 1. The number of aryl methyl sites for hydroxylation is 1. The molecule has 1 fully saturated rings. The summed E-state index contributed by atoms with van der Waals surface area (Å²) in [6.45, 7) is 7.40. The SMILES string of the molecule is Cc1ccccc1Cc1noc(CN2CCCC2C(C)(C)O)n1. The smallest absolute Gasteiger partial charge is 0.240 e. The summed E-state index contributed by atoms with van der Waals surface area (Å²) >= 11 is 0. The molecular formula is C18H25N3O2. The molecule has 3 rings (SSSR count). The minimum atomic E-state index is -0.708. The van der Waals surface area contributed by atoms with Gasteiger partial charge in [0.1, 0.15) is 0 Å². The first-order chi connectivity index (χ1) is 10.9. The fourth-order valence-corrected chi connectivity index (χ4v) is 3.39. The molecule has 0 amide bonds. The Hall–Kier alpha value is -1.72. The predicted octanol–water partition coefficient (Wildman–Crippen LogP) is 2.70. The molecule has 0 radical (unpaired) electrons. The van der Waals surface area contributed by atoms with Crippen LogP contribution in [-0.2, 0) is 13.0 Å². The lowest BCUT2D eigenvalue weighted by molar-refractivity contribution is -0.00774. The van der Waals surface area contributed by atoms with E-state index in [1.165, 1.54) is 11.1 Å². The maximum Gasteiger partial charge on any atom is 0.240 e. The van der Waals surface area contributed by atoms with Crippen molar-refractivity contribution in [2.45, 2.75) is 58.2 Å². The van der Waals surface area contributed by atoms with Crippen molar-refractivity contribution in [2.75, 3.05) is 6.54 Å². The Bertz CT molecular complexity index is 660. The summed E-state index contributed by atoms with van der Waals surface area (Å²) in [7, 11) is 0. The topological polar surface area (TPSA) is 62.4 Å². The molecule has 1 aliphatic heterocycles. The van der Waals surface area contributed by atoms with Crippen LogP contribution in [0.4, 0.5) is 0 Å². The molecule has 0 spiro atoms. The van der Waals surface area contributed by atoms with Gasteiger partial charge in [0.25, 0.3) is 0 Å². The largest absolute Gasteiger partial charge is 0.389 e. The second kappa shape index (κ2) is 6.42. The van der Waals surface area contributed by atoms with Crippen LogP contribution in [0.5, 0.6) is 0 Å². The van der Waals surface area contributed by atoms with Gasteiger partial charge in [-0.15, -0.1) is 0 Å². The molecule has 0 aliphatic carbocycles. The summed E-state index contributed by atoms with van der Waals surface area (Å²) in [5, 5.41) is 14.4. The van der Waals surface area contributed by atoms with E-state index in [4.69, 9.17) is 4.52 Å². The molecule has 1 aliphatic rings. The van der Waals surface area contributed by atoms with Crippen molar-refractivity contribution in [1.82, 2.24) is 15.0 Å². The molecule has 1 aromatic carbocycles. The van der Waals surface area contributed by atoms with Gasteiger partial charge in [0.2, 0.25) is 5.89 Å². The highest BCUT2D eigenvalue weighted by Gasteiger charge is 2.36. The normalized spacial score (nSPS) is 19.4. The van der Waals surface area contributed by atoms with E-state index < -0.39 is 5.60 Å². The molecular weight excluding hydrogens is 290 g/mol. The molecule has 1 saturated heterocycles. The van der Waals surface area contributed by atoms with Gasteiger partial charge < -0.3 is 9.63 Å². The van der Waals surface area contributed by atoms with Gasteiger partial charge in [0.15, 0.2) is 5.82 Å². The van der Waals surface area contributed by atoms with Crippen LogP contribution in [0.15, 0.2) is 28.8 Å². The van der Waals surface area contributed by atoms with Crippen molar-refractivity contribution in [3.05, 3.63) is 47.1 Å². The number of hydrogen-bond acceptors (Lipinski definition) is 5. The zero-order chi connectivity index (χ0) is 16.4. The van der Waals surface area contributed by atoms with E-state index in [9.17, 15) is 5.11 Å². The highest BCUT2D eigenvalue weighted by atomic mass is 16.5. The minimum Gasteiger partial charge on any atom is -0.389 e. The molecule has 2 heterocycles. The summed E-state index contributed by atoms with van der Waals surface area (Å²) in [6.07, 6.45) is 2.79. The third-order valence-corrected chi connectivity index (χ3v) is 4.64. The van der Waals surface area contributed by atoms with Gasteiger partial charge in [-0.2, -0.15) is 4.98 Å². The second-order valence-corrected chi connectivity index (χ2v) is 6.99. The first-order valence-electron chi connectivity index (χ1n) is 8.26. The van der Waals surface area contributed by atoms with E-state index in [-0.39, 0.29) is 6.04 Å².